The lowest BCUT2D eigenvalue weighted by Gasteiger charge is -2.41. The van der Waals surface area contributed by atoms with E-state index < -0.39 is 5.60 Å². The highest BCUT2D eigenvalue weighted by Gasteiger charge is 2.43. The molecule has 2 aromatic carbocycles. The molecule has 5 rings (SSSR count). The second-order valence-corrected chi connectivity index (χ2v) is 9.77. The van der Waals surface area contributed by atoms with Crippen molar-refractivity contribution in [3.8, 4) is 5.75 Å². The van der Waals surface area contributed by atoms with E-state index in [1.54, 1.807) is 0 Å². The van der Waals surface area contributed by atoms with Crippen LogP contribution < -0.4 is 15.4 Å². The Kier molecular flexibility index (Phi) is 8.01. The fraction of sp³-hybridized carbons (Fsp3) is 0.464. The van der Waals surface area contributed by atoms with E-state index in [9.17, 15) is 9.59 Å². The predicted molar refractivity (Wildman–Crippen MR) is 140 cm³/mol. The number of para-hydroxylation sites is 3. The zero-order valence-electron chi connectivity index (χ0n) is 21.1. The number of benzene rings is 2. The molecule has 1 aromatic heterocycles. The second-order valence-electron chi connectivity index (χ2n) is 9.77. The third-order valence-corrected chi connectivity index (χ3v) is 7.06. The van der Waals surface area contributed by atoms with Gasteiger partial charge < -0.3 is 25.1 Å². The van der Waals surface area contributed by atoms with Crippen molar-refractivity contribution in [1.82, 2.24) is 25.5 Å². The van der Waals surface area contributed by atoms with Crippen LogP contribution in [0.2, 0.25) is 0 Å². The number of hydrogen-bond donors (Lipinski definition) is 3. The van der Waals surface area contributed by atoms with Gasteiger partial charge in [-0.05, 0) is 49.4 Å². The number of carbonyl (C=O) groups excluding carboxylic acids is 2. The van der Waals surface area contributed by atoms with Crippen molar-refractivity contribution < 1.29 is 19.1 Å². The van der Waals surface area contributed by atoms with Gasteiger partial charge in [0.05, 0.1) is 30.7 Å². The van der Waals surface area contributed by atoms with E-state index in [-0.39, 0.29) is 18.4 Å². The summed E-state index contributed by atoms with van der Waals surface area (Å²) in [5, 5.41) is 5.99. The highest BCUT2D eigenvalue weighted by atomic mass is 16.5. The maximum atomic E-state index is 13.3. The highest BCUT2D eigenvalue weighted by molar-refractivity contribution is 5.86. The van der Waals surface area contributed by atoms with Crippen LogP contribution in [0.25, 0.3) is 11.0 Å². The third-order valence-electron chi connectivity index (χ3n) is 7.06. The molecule has 1 fully saturated rings. The van der Waals surface area contributed by atoms with Gasteiger partial charge in [0.15, 0.2) is 5.60 Å². The van der Waals surface area contributed by atoms with Gasteiger partial charge in [0.1, 0.15) is 18.2 Å². The fourth-order valence-corrected chi connectivity index (χ4v) is 5.16. The van der Waals surface area contributed by atoms with E-state index in [1.165, 1.54) is 5.56 Å². The van der Waals surface area contributed by atoms with E-state index in [1.807, 2.05) is 47.4 Å². The molecule has 9 heteroatoms. The molecule has 3 aromatic rings. The summed E-state index contributed by atoms with van der Waals surface area (Å²) in [4.78, 5) is 35.8. The predicted octanol–water partition coefficient (Wildman–Crippen LogP) is 2.21. The van der Waals surface area contributed by atoms with Gasteiger partial charge in [-0.15, -0.1) is 0 Å². The number of carbonyl (C=O) groups is 2. The van der Waals surface area contributed by atoms with E-state index >= 15 is 0 Å². The largest absolute Gasteiger partial charge is 0.491 e. The first-order valence-corrected chi connectivity index (χ1v) is 13.2. The number of aromatic nitrogens is 2. The smallest absolute Gasteiger partial charge is 0.253 e. The van der Waals surface area contributed by atoms with Gasteiger partial charge in [-0.25, -0.2) is 4.98 Å². The molecule has 1 spiro atoms. The van der Waals surface area contributed by atoms with Gasteiger partial charge in [0.25, 0.3) is 5.91 Å². The molecule has 196 valence electrons. The third kappa shape index (κ3) is 6.29. The Bertz CT molecular complexity index is 1200. The Balaban J connectivity index is 1.14. The zero-order valence-corrected chi connectivity index (χ0v) is 21.1. The minimum absolute atomic E-state index is 0.0632. The standard InChI is InChI=1S/C28H35N5O4/c34-26(29-14-12-25-31-22-9-2-3-10-23(22)32-25)19-33-16-18-37-28(20-33)13-6-5-8-21-7-1-4-11-24(21)36-17-15-30-27(28)35/h1-4,7,9-11H,5-6,8,12-20H2,(H,29,34)(H,30,35)(H,31,32). The number of aromatic amines is 1. The summed E-state index contributed by atoms with van der Waals surface area (Å²) in [6.45, 7) is 2.96. The van der Waals surface area contributed by atoms with Crippen LogP contribution >= 0.6 is 0 Å². The molecule has 0 aliphatic carbocycles. The Morgan fingerprint density at radius 3 is 2.89 bits per heavy atom. The summed E-state index contributed by atoms with van der Waals surface area (Å²) in [5.41, 5.74) is 2.15. The number of amides is 2. The van der Waals surface area contributed by atoms with Crippen LogP contribution in [-0.2, 0) is 27.2 Å². The lowest BCUT2D eigenvalue weighted by Crippen LogP contribution is -2.61. The summed E-state index contributed by atoms with van der Waals surface area (Å²) >= 11 is 0. The van der Waals surface area contributed by atoms with Crippen LogP contribution in [0, 0.1) is 0 Å². The molecule has 1 unspecified atom stereocenters. The highest BCUT2D eigenvalue weighted by Crippen LogP contribution is 2.27. The summed E-state index contributed by atoms with van der Waals surface area (Å²) < 4.78 is 12.1. The number of hydrogen-bond acceptors (Lipinski definition) is 6. The number of imidazole rings is 1. The summed E-state index contributed by atoms with van der Waals surface area (Å²) in [6.07, 6.45) is 3.92. The van der Waals surface area contributed by atoms with Crippen LogP contribution in [0.5, 0.6) is 5.75 Å². The Morgan fingerprint density at radius 1 is 1.11 bits per heavy atom. The lowest BCUT2D eigenvalue weighted by molar-refractivity contribution is -0.163. The molecule has 1 saturated heterocycles. The SMILES string of the molecule is O=C(CN1CCOC2(CCCCc3ccccc3OCCNC2=O)C1)NCCc1nc2ccccc2[nH]1. The van der Waals surface area contributed by atoms with Gasteiger partial charge in [0.2, 0.25) is 5.91 Å². The van der Waals surface area contributed by atoms with Crippen LogP contribution in [0.4, 0.5) is 0 Å². The van der Waals surface area contributed by atoms with Crippen molar-refractivity contribution in [2.24, 2.45) is 0 Å². The molecule has 2 aliphatic heterocycles. The molecular formula is C28H35N5O4. The number of aryl methyl sites for hydroxylation is 1. The molecule has 0 radical (unpaired) electrons. The van der Waals surface area contributed by atoms with Crippen molar-refractivity contribution in [3.63, 3.8) is 0 Å². The minimum atomic E-state index is -0.953. The van der Waals surface area contributed by atoms with Crippen molar-refractivity contribution >= 4 is 22.8 Å². The molecule has 0 bridgehead atoms. The molecule has 0 saturated carbocycles. The molecule has 9 nitrogen and oxygen atoms in total. The van der Waals surface area contributed by atoms with Crippen LogP contribution in [0.3, 0.4) is 0 Å². The zero-order chi connectivity index (χ0) is 25.5. The van der Waals surface area contributed by atoms with E-state index in [0.717, 1.165) is 41.9 Å². The quantitative estimate of drug-likeness (QED) is 0.491. The second kappa shape index (κ2) is 11.7. The molecule has 37 heavy (non-hydrogen) atoms. The minimum Gasteiger partial charge on any atom is -0.491 e. The van der Waals surface area contributed by atoms with Crippen molar-refractivity contribution in [2.45, 2.75) is 37.7 Å². The number of rotatable bonds is 5. The Labute approximate surface area is 216 Å². The normalized spacial score (nSPS) is 21.4. The van der Waals surface area contributed by atoms with Crippen molar-refractivity contribution in [1.29, 1.82) is 0 Å². The first-order chi connectivity index (χ1) is 18.1. The lowest BCUT2D eigenvalue weighted by atomic mass is 9.91. The number of fused-ring (bicyclic) bond motifs is 2. The summed E-state index contributed by atoms with van der Waals surface area (Å²) in [7, 11) is 0. The topological polar surface area (TPSA) is 109 Å². The maximum Gasteiger partial charge on any atom is 0.253 e. The van der Waals surface area contributed by atoms with E-state index in [2.05, 4.69) is 26.7 Å². The fourth-order valence-electron chi connectivity index (χ4n) is 5.16. The van der Waals surface area contributed by atoms with Crippen LogP contribution in [-0.4, -0.2) is 78.2 Å². The number of ether oxygens (including phenoxy) is 2. The Morgan fingerprint density at radius 2 is 1.97 bits per heavy atom. The van der Waals surface area contributed by atoms with Gasteiger partial charge in [-0.1, -0.05) is 30.3 Å². The molecule has 1 atom stereocenters. The number of nitrogens with zero attached hydrogens (tertiary/aromatic N) is 2. The van der Waals surface area contributed by atoms with Crippen molar-refractivity contribution in [3.05, 3.63) is 59.9 Å². The first kappa shape index (κ1) is 25.2. The molecular weight excluding hydrogens is 470 g/mol. The number of nitrogens with one attached hydrogen (secondary N) is 3. The summed E-state index contributed by atoms with van der Waals surface area (Å²) in [6, 6.07) is 16.0. The number of H-pyrrole nitrogens is 1. The molecule has 3 heterocycles. The molecule has 2 amide bonds. The summed E-state index contributed by atoms with van der Waals surface area (Å²) in [5.74, 6) is 1.55. The number of morpholine rings is 1. The van der Waals surface area contributed by atoms with E-state index in [0.29, 0.717) is 52.2 Å². The first-order valence-electron chi connectivity index (χ1n) is 13.2. The molecule has 2 aliphatic rings. The Hall–Kier alpha value is -3.43. The van der Waals surface area contributed by atoms with Crippen LogP contribution in [0.15, 0.2) is 48.5 Å². The average Bonchev–Trinajstić information content (AvgIpc) is 3.32. The van der Waals surface area contributed by atoms with Gasteiger partial charge in [-0.3, -0.25) is 14.5 Å². The van der Waals surface area contributed by atoms with Crippen molar-refractivity contribution in [2.75, 3.05) is 45.9 Å². The van der Waals surface area contributed by atoms with E-state index in [4.69, 9.17) is 9.47 Å². The van der Waals surface area contributed by atoms with Crippen LogP contribution in [0.1, 0.15) is 30.7 Å². The van der Waals surface area contributed by atoms with Gasteiger partial charge in [-0.2, -0.15) is 0 Å². The van der Waals surface area contributed by atoms with Gasteiger partial charge >= 0.3 is 0 Å². The van der Waals surface area contributed by atoms with Gasteiger partial charge in [0, 0.05) is 26.1 Å². The maximum absolute atomic E-state index is 13.3. The monoisotopic (exact) mass is 505 g/mol. The average molecular weight is 506 g/mol. The molecule has 3 N–H and O–H groups in total.